The zero-order valence-electron chi connectivity index (χ0n) is 16.2. The van der Waals surface area contributed by atoms with E-state index < -0.39 is 17.7 Å². The summed E-state index contributed by atoms with van der Waals surface area (Å²) in [5, 5.41) is 0. The minimum atomic E-state index is -0.577. The third-order valence-corrected chi connectivity index (χ3v) is 5.03. The van der Waals surface area contributed by atoms with Crippen LogP contribution in [0.4, 0.5) is 10.5 Å². The molecular weight excluding hydrogens is 330 g/mol. The van der Waals surface area contributed by atoms with E-state index in [0.29, 0.717) is 13.0 Å². The van der Waals surface area contributed by atoms with E-state index in [0.717, 1.165) is 38.0 Å². The number of rotatable bonds is 2. The average Bonchev–Trinajstić information content (AvgIpc) is 2.59. The van der Waals surface area contributed by atoms with Crippen LogP contribution in [0.25, 0.3) is 0 Å². The lowest BCUT2D eigenvalue weighted by molar-refractivity contribution is -0.113. The van der Waals surface area contributed by atoms with Crippen molar-refractivity contribution >= 4 is 18.1 Å². The number of hydrogen-bond acceptors (Lipinski definition) is 5. The molecule has 1 aromatic rings. The highest BCUT2D eigenvalue weighted by molar-refractivity contribution is 5.76. The molecule has 1 amide bonds. The molecule has 1 atom stereocenters. The summed E-state index contributed by atoms with van der Waals surface area (Å²) in [4.78, 5) is 30.5. The van der Waals surface area contributed by atoms with E-state index in [4.69, 9.17) is 4.74 Å². The van der Waals surface area contributed by atoms with Gasteiger partial charge < -0.3 is 19.3 Å². The number of anilines is 1. The number of piperazine rings is 1. The van der Waals surface area contributed by atoms with Gasteiger partial charge in [0.05, 0.1) is 12.6 Å². The zero-order chi connectivity index (χ0) is 18.9. The first-order valence-electron chi connectivity index (χ1n) is 9.27. The average molecular weight is 359 g/mol. The maximum absolute atomic E-state index is 12.5. The summed E-state index contributed by atoms with van der Waals surface area (Å²) in [6.45, 7) is 9.95. The number of likely N-dealkylation sites (N-methyl/N-ethyl adjacent to an activating group) is 1. The summed E-state index contributed by atoms with van der Waals surface area (Å²) >= 11 is 0. The van der Waals surface area contributed by atoms with Crippen LogP contribution in [-0.2, 0) is 22.5 Å². The van der Waals surface area contributed by atoms with Crippen LogP contribution >= 0.6 is 0 Å². The van der Waals surface area contributed by atoms with Crippen LogP contribution < -0.4 is 4.90 Å². The van der Waals surface area contributed by atoms with E-state index in [9.17, 15) is 9.59 Å². The Morgan fingerprint density at radius 2 is 1.88 bits per heavy atom. The predicted molar refractivity (Wildman–Crippen MR) is 101 cm³/mol. The van der Waals surface area contributed by atoms with Gasteiger partial charge >= 0.3 is 6.09 Å². The number of aldehydes is 1. The molecule has 0 aromatic heterocycles. The minimum Gasteiger partial charge on any atom is -0.444 e. The number of carbonyl (C=O) groups excluding carboxylic acids is 2. The molecule has 0 saturated carbocycles. The van der Waals surface area contributed by atoms with Crippen LogP contribution in [0.2, 0.25) is 0 Å². The second kappa shape index (κ2) is 7.27. The number of benzene rings is 1. The lowest BCUT2D eigenvalue weighted by Gasteiger charge is -2.39. The maximum Gasteiger partial charge on any atom is 0.411 e. The fraction of sp³-hybridized carbons (Fsp3) is 0.600. The van der Waals surface area contributed by atoms with Gasteiger partial charge in [0.15, 0.2) is 0 Å². The molecule has 6 nitrogen and oxygen atoms in total. The molecule has 0 radical (unpaired) electrons. The third-order valence-electron chi connectivity index (χ3n) is 5.03. The van der Waals surface area contributed by atoms with E-state index in [2.05, 4.69) is 22.9 Å². The van der Waals surface area contributed by atoms with Crippen molar-refractivity contribution in [1.29, 1.82) is 0 Å². The van der Waals surface area contributed by atoms with Gasteiger partial charge in [-0.05, 0) is 45.0 Å². The third kappa shape index (κ3) is 4.01. The first-order valence-corrected chi connectivity index (χ1v) is 9.27. The highest BCUT2D eigenvalue weighted by Crippen LogP contribution is 2.32. The Kier molecular flexibility index (Phi) is 5.23. The van der Waals surface area contributed by atoms with E-state index in [-0.39, 0.29) is 0 Å². The van der Waals surface area contributed by atoms with Crippen molar-refractivity contribution in [1.82, 2.24) is 9.80 Å². The molecule has 0 aliphatic carbocycles. The SMILES string of the molecule is CN1CCN(c2cccc3c2C[C@H](C=O)N(C(=O)OC(C)(C)C)C3)CC1. The van der Waals surface area contributed by atoms with Crippen LogP contribution in [-0.4, -0.2) is 67.0 Å². The van der Waals surface area contributed by atoms with Crippen LogP contribution in [0.5, 0.6) is 0 Å². The van der Waals surface area contributed by atoms with E-state index in [1.54, 1.807) is 4.90 Å². The molecule has 1 aromatic carbocycles. The van der Waals surface area contributed by atoms with Crippen molar-refractivity contribution in [3.05, 3.63) is 29.3 Å². The molecule has 142 valence electrons. The largest absolute Gasteiger partial charge is 0.444 e. The summed E-state index contributed by atoms with van der Waals surface area (Å²) < 4.78 is 5.49. The predicted octanol–water partition coefficient (Wildman–Crippen LogP) is 2.30. The van der Waals surface area contributed by atoms with Gasteiger partial charge in [-0.3, -0.25) is 4.90 Å². The number of hydrogen-bond donors (Lipinski definition) is 0. The van der Waals surface area contributed by atoms with Crippen LogP contribution in [0, 0.1) is 0 Å². The van der Waals surface area contributed by atoms with Gasteiger partial charge in [-0.15, -0.1) is 0 Å². The summed E-state index contributed by atoms with van der Waals surface area (Å²) in [6, 6.07) is 5.75. The van der Waals surface area contributed by atoms with Crippen molar-refractivity contribution in [3.8, 4) is 0 Å². The summed E-state index contributed by atoms with van der Waals surface area (Å²) in [5.41, 5.74) is 2.91. The molecule has 26 heavy (non-hydrogen) atoms. The Bertz CT molecular complexity index is 675. The Morgan fingerprint density at radius 3 is 2.50 bits per heavy atom. The number of amides is 1. The molecule has 2 aliphatic rings. The molecule has 6 heteroatoms. The Balaban J connectivity index is 1.85. The number of nitrogens with zero attached hydrogens (tertiary/aromatic N) is 3. The van der Waals surface area contributed by atoms with Gasteiger partial charge in [0.1, 0.15) is 11.9 Å². The molecule has 0 bridgehead atoms. The monoisotopic (exact) mass is 359 g/mol. The van der Waals surface area contributed by atoms with Gasteiger partial charge in [-0.2, -0.15) is 0 Å². The van der Waals surface area contributed by atoms with Crippen molar-refractivity contribution in [3.63, 3.8) is 0 Å². The van der Waals surface area contributed by atoms with Crippen molar-refractivity contribution in [2.45, 2.75) is 45.4 Å². The maximum atomic E-state index is 12.5. The lowest BCUT2D eigenvalue weighted by atomic mass is 9.92. The van der Waals surface area contributed by atoms with Gasteiger partial charge in [0.25, 0.3) is 0 Å². The number of carbonyl (C=O) groups is 2. The van der Waals surface area contributed by atoms with E-state index in [1.807, 2.05) is 32.9 Å². The number of fused-ring (bicyclic) bond motifs is 1. The second-order valence-corrected chi connectivity index (χ2v) is 8.22. The molecule has 1 fully saturated rings. The molecule has 1 saturated heterocycles. The van der Waals surface area contributed by atoms with Gasteiger partial charge in [-0.1, -0.05) is 12.1 Å². The van der Waals surface area contributed by atoms with Crippen molar-refractivity contribution in [2.24, 2.45) is 0 Å². The fourth-order valence-electron chi connectivity index (χ4n) is 3.61. The topological polar surface area (TPSA) is 53.1 Å². The smallest absolute Gasteiger partial charge is 0.411 e. The Morgan fingerprint density at radius 1 is 1.19 bits per heavy atom. The Labute approximate surface area is 155 Å². The minimum absolute atomic E-state index is 0.412. The molecule has 0 N–H and O–H groups in total. The molecule has 0 unspecified atom stereocenters. The van der Waals surface area contributed by atoms with E-state index >= 15 is 0 Å². The molecule has 3 rings (SSSR count). The summed E-state index contributed by atoms with van der Waals surface area (Å²) in [7, 11) is 2.14. The lowest BCUT2D eigenvalue weighted by Crippen LogP contribution is -2.48. The molecule has 2 aliphatic heterocycles. The van der Waals surface area contributed by atoms with Crippen molar-refractivity contribution in [2.75, 3.05) is 38.1 Å². The van der Waals surface area contributed by atoms with Crippen molar-refractivity contribution < 1.29 is 14.3 Å². The van der Waals surface area contributed by atoms with Gasteiger partial charge in [0, 0.05) is 38.3 Å². The standard InChI is InChI=1S/C20H29N3O3/c1-20(2,3)26-19(25)23-13-15-6-5-7-18(17(15)12-16(23)14-24)22-10-8-21(4)9-11-22/h5-7,14,16H,8-13H2,1-4H3/t16-/m1/s1. The summed E-state index contributed by atoms with van der Waals surface area (Å²) in [6.07, 6.45) is 0.985. The zero-order valence-corrected chi connectivity index (χ0v) is 16.2. The van der Waals surface area contributed by atoms with Gasteiger partial charge in [0.2, 0.25) is 0 Å². The van der Waals surface area contributed by atoms with Gasteiger partial charge in [-0.25, -0.2) is 4.79 Å². The highest BCUT2D eigenvalue weighted by atomic mass is 16.6. The molecule has 2 heterocycles. The fourth-order valence-corrected chi connectivity index (χ4v) is 3.61. The second-order valence-electron chi connectivity index (χ2n) is 8.22. The Hall–Kier alpha value is -2.08. The van der Waals surface area contributed by atoms with Crippen LogP contribution in [0.15, 0.2) is 18.2 Å². The molecular formula is C20H29N3O3. The first kappa shape index (κ1) is 18.7. The van der Waals surface area contributed by atoms with Crippen LogP contribution in [0.1, 0.15) is 31.9 Å². The number of ether oxygens (including phenoxy) is 1. The van der Waals surface area contributed by atoms with Crippen LogP contribution in [0.3, 0.4) is 0 Å². The highest BCUT2D eigenvalue weighted by Gasteiger charge is 2.34. The summed E-state index contributed by atoms with van der Waals surface area (Å²) in [5.74, 6) is 0. The normalized spacial score (nSPS) is 21.3. The first-order chi connectivity index (χ1) is 12.3. The quantitative estimate of drug-likeness (QED) is 0.759. The molecule has 0 spiro atoms. The van der Waals surface area contributed by atoms with E-state index in [1.165, 1.54) is 11.3 Å².